The molecular formula is C16H17Cl2NO. The minimum Gasteiger partial charge on any atom is -0.487 e. The molecule has 0 saturated carbocycles. The lowest BCUT2D eigenvalue weighted by Gasteiger charge is -2.09. The first-order chi connectivity index (χ1) is 9.70. The molecule has 4 heteroatoms. The first kappa shape index (κ1) is 15.2. The summed E-state index contributed by atoms with van der Waals surface area (Å²) in [5, 5.41) is 4.10. The van der Waals surface area contributed by atoms with Crippen LogP contribution in [0.5, 0.6) is 5.75 Å². The van der Waals surface area contributed by atoms with Crippen LogP contribution in [-0.4, -0.2) is 13.6 Å². The Morgan fingerprint density at radius 3 is 2.40 bits per heavy atom. The smallest absolute Gasteiger partial charge is 0.139 e. The van der Waals surface area contributed by atoms with Crippen LogP contribution in [0.25, 0.3) is 0 Å². The van der Waals surface area contributed by atoms with Crippen molar-refractivity contribution in [2.24, 2.45) is 0 Å². The normalized spacial score (nSPS) is 10.6. The molecule has 0 atom stereocenters. The SMILES string of the molecule is CNCCc1ccc(COc2cccc(Cl)c2Cl)cc1. The average Bonchev–Trinajstić information content (AvgIpc) is 2.48. The summed E-state index contributed by atoms with van der Waals surface area (Å²) in [6.45, 7) is 1.46. The second-order valence-corrected chi connectivity index (χ2v) is 5.30. The largest absolute Gasteiger partial charge is 0.487 e. The van der Waals surface area contributed by atoms with Gasteiger partial charge in [0.25, 0.3) is 0 Å². The topological polar surface area (TPSA) is 21.3 Å². The molecule has 0 saturated heterocycles. The Balaban J connectivity index is 1.95. The van der Waals surface area contributed by atoms with Crippen LogP contribution in [-0.2, 0) is 13.0 Å². The van der Waals surface area contributed by atoms with Crippen molar-refractivity contribution in [1.29, 1.82) is 0 Å². The zero-order valence-electron chi connectivity index (χ0n) is 11.3. The molecule has 2 aromatic carbocycles. The number of nitrogens with one attached hydrogen (secondary N) is 1. The van der Waals surface area contributed by atoms with Gasteiger partial charge in [0.1, 0.15) is 17.4 Å². The van der Waals surface area contributed by atoms with Crippen molar-refractivity contribution < 1.29 is 4.74 Å². The molecule has 0 aliphatic rings. The molecule has 0 aliphatic heterocycles. The van der Waals surface area contributed by atoms with Crippen molar-refractivity contribution in [3.63, 3.8) is 0 Å². The average molecular weight is 310 g/mol. The molecule has 106 valence electrons. The molecule has 0 heterocycles. The molecule has 0 fully saturated rings. The van der Waals surface area contributed by atoms with Gasteiger partial charge in [0, 0.05) is 0 Å². The van der Waals surface area contributed by atoms with E-state index in [1.807, 2.05) is 19.2 Å². The van der Waals surface area contributed by atoms with Gasteiger partial charge in [-0.25, -0.2) is 0 Å². The number of hydrogen-bond acceptors (Lipinski definition) is 2. The van der Waals surface area contributed by atoms with Crippen LogP contribution in [0.2, 0.25) is 10.0 Å². The molecule has 0 aromatic heterocycles. The van der Waals surface area contributed by atoms with Gasteiger partial charge in [0.2, 0.25) is 0 Å². The van der Waals surface area contributed by atoms with E-state index in [4.69, 9.17) is 27.9 Å². The van der Waals surface area contributed by atoms with Crippen molar-refractivity contribution in [2.45, 2.75) is 13.0 Å². The highest BCUT2D eigenvalue weighted by Gasteiger charge is 2.05. The zero-order chi connectivity index (χ0) is 14.4. The number of ether oxygens (including phenoxy) is 1. The predicted molar refractivity (Wildman–Crippen MR) is 84.9 cm³/mol. The number of benzene rings is 2. The molecule has 0 amide bonds. The summed E-state index contributed by atoms with van der Waals surface area (Å²) in [5.41, 5.74) is 2.41. The molecule has 1 N–H and O–H groups in total. The van der Waals surface area contributed by atoms with E-state index >= 15 is 0 Å². The fourth-order valence-corrected chi connectivity index (χ4v) is 2.17. The number of hydrogen-bond donors (Lipinski definition) is 1. The minimum atomic E-state index is 0.458. The summed E-state index contributed by atoms with van der Waals surface area (Å²) in [7, 11) is 1.96. The van der Waals surface area contributed by atoms with Gasteiger partial charge in [0.05, 0.1) is 5.02 Å². The molecule has 0 spiro atoms. The summed E-state index contributed by atoms with van der Waals surface area (Å²) in [4.78, 5) is 0. The number of rotatable bonds is 6. The second kappa shape index (κ2) is 7.53. The molecule has 2 nitrogen and oxygen atoms in total. The third kappa shape index (κ3) is 4.14. The molecule has 0 aliphatic carbocycles. The zero-order valence-corrected chi connectivity index (χ0v) is 12.8. The van der Waals surface area contributed by atoms with Crippen molar-refractivity contribution in [2.75, 3.05) is 13.6 Å². The van der Waals surface area contributed by atoms with Gasteiger partial charge >= 0.3 is 0 Å². The van der Waals surface area contributed by atoms with Crippen molar-refractivity contribution >= 4 is 23.2 Å². The Bertz CT molecular complexity index is 555. The highest BCUT2D eigenvalue weighted by atomic mass is 35.5. The summed E-state index contributed by atoms with van der Waals surface area (Å²) < 4.78 is 5.70. The van der Waals surface area contributed by atoms with Crippen molar-refractivity contribution in [1.82, 2.24) is 5.32 Å². The maximum atomic E-state index is 6.08. The van der Waals surface area contributed by atoms with Crippen molar-refractivity contribution in [3.8, 4) is 5.75 Å². The van der Waals surface area contributed by atoms with E-state index in [0.29, 0.717) is 22.4 Å². The van der Waals surface area contributed by atoms with E-state index in [1.165, 1.54) is 5.56 Å². The molecular weight excluding hydrogens is 293 g/mol. The Hall–Kier alpha value is -1.22. The predicted octanol–water partition coefficient (Wildman–Crippen LogP) is 4.33. The molecule has 0 radical (unpaired) electrons. The lowest BCUT2D eigenvalue weighted by atomic mass is 10.1. The van der Waals surface area contributed by atoms with Gasteiger partial charge in [-0.05, 0) is 43.3 Å². The Labute approximate surface area is 129 Å². The molecule has 2 rings (SSSR count). The van der Waals surface area contributed by atoms with Gasteiger partial charge in [-0.2, -0.15) is 0 Å². The minimum absolute atomic E-state index is 0.458. The van der Waals surface area contributed by atoms with Crippen LogP contribution < -0.4 is 10.1 Å². The van der Waals surface area contributed by atoms with Gasteiger partial charge < -0.3 is 10.1 Å². The lowest BCUT2D eigenvalue weighted by molar-refractivity contribution is 0.306. The highest BCUT2D eigenvalue weighted by molar-refractivity contribution is 6.42. The summed E-state index contributed by atoms with van der Waals surface area (Å²) in [6, 6.07) is 13.8. The van der Waals surface area contributed by atoms with Crippen LogP contribution in [0.1, 0.15) is 11.1 Å². The van der Waals surface area contributed by atoms with Gasteiger partial charge in [-0.3, -0.25) is 0 Å². The van der Waals surface area contributed by atoms with Crippen LogP contribution in [0.15, 0.2) is 42.5 Å². The lowest BCUT2D eigenvalue weighted by Crippen LogP contribution is -2.10. The summed E-state index contributed by atoms with van der Waals surface area (Å²) in [5.74, 6) is 0.610. The van der Waals surface area contributed by atoms with E-state index in [0.717, 1.165) is 18.5 Å². The molecule has 2 aromatic rings. The Morgan fingerprint density at radius 1 is 1.00 bits per heavy atom. The Morgan fingerprint density at radius 2 is 1.70 bits per heavy atom. The van der Waals surface area contributed by atoms with Gasteiger partial charge in [-0.15, -0.1) is 0 Å². The van der Waals surface area contributed by atoms with E-state index < -0.39 is 0 Å². The summed E-state index contributed by atoms with van der Waals surface area (Å²) >= 11 is 12.0. The van der Waals surface area contributed by atoms with Crippen LogP contribution in [0, 0.1) is 0 Å². The monoisotopic (exact) mass is 309 g/mol. The number of halogens is 2. The highest BCUT2D eigenvalue weighted by Crippen LogP contribution is 2.31. The van der Waals surface area contributed by atoms with Crippen LogP contribution in [0.3, 0.4) is 0 Å². The maximum Gasteiger partial charge on any atom is 0.139 e. The third-order valence-electron chi connectivity index (χ3n) is 3.00. The molecule has 20 heavy (non-hydrogen) atoms. The van der Waals surface area contributed by atoms with Crippen LogP contribution in [0.4, 0.5) is 0 Å². The molecule has 0 bridgehead atoms. The third-order valence-corrected chi connectivity index (χ3v) is 3.80. The van der Waals surface area contributed by atoms with E-state index in [9.17, 15) is 0 Å². The van der Waals surface area contributed by atoms with Gasteiger partial charge in [-0.1, -0.05) is 53.5 Å². The molecule has 0 unspecified atom stereocenters. The Kier molecular flexibility index (Phi) is 5.72. The first-order valence-electron chi connectivity index (χ1n) is 6.50. The quantitative estimate of drug-likeness (QED) is 0.857. The standard InChI is InChI=1S/C16H17Cl2NO/c1-19-10-9-12-5-7-13(8-6-12)11-20-15-4-2-3-14(17)16(15)18/h2-8,19H,9-11H2,1H3. The van der Waals surface area contributed by atoms with Crippen molar-refractivity contribution in [3.05, 3.63) is 63.6 Å². The van der Waals surface area contributed by atoms with E-state index in [2.05, 4.69) is 29.6 Å². The van der Waals surface area contributed by atoms with E-state index in [1.54, 1.807) is 6.07 Å². The maximum absolute atomic E-state index is 6.08. The number of likely N-dealkylation sites (N-methyl/N-ethyl adjacent to an activating group) is 1. The van der Waals surface area contributed by atoms with E-state index in [-0.39, 0.29) is 0 Å². The van der Waals surface area contributed by atoms with Crippen LogP contribution >= 0.6 is 23.2 Å². The fourth-order valence-electron chi connectivity index (χ4n) is 1.83. The fraction of sp³-hybridized carbons (Fsp3) is 0.250. The summed E-state index contributed by atoms with van der Waals surface area (Å²) in [6.07, 6.45) is 1.03. The van der Waals surface area contributed by atoms with Gasteiger partial charge in [0.15, 0.2) is 0 Å². The first-order valence-corrected chi connectivity index (χ1v) is 7.25. The second-order valence-electron chi connectivity index (χ2n) is 4.51.